The minimum absolute atomic E-state index is 0.204. The molecule has 0 unspecified atom stereocenters. The number of aromatic nitrogens is 2. The van der Waals surface area contributed by atoms with Crippen LogP contribution in [0.25, 0.3) is 16.6 Å². The monoisotopic (exact) mass is 357 g/mol. The average molecular weight is 357 g/mol. The Morgan fingerprint density at radius 2 is 2.23 bits per heavy atom. The number of amidine groups is 1. The van der Waals surface area contributed by atoms with Gasteiger partial charge in [-0.3, -0.25) is 5.41 Å². The van der Waals surface area contributed by atoms with Crippen LogP contribution in [0.4, 0.5) is 0 Å². The molecule has 0 fully saturated rings. The Morgan fingerprint density at radius 1 is 1.38 bits per heavy atom. The highest BCUT2D eigenvalue weighted by Gasteiger charge is 2.29. The summed E-state index contributed by atoms with van der Waals surface area (Å²) < 4.78 is 5.28. The van der Waals surface area contributed by atoms with Crippen LogP contribution in [0.2, 0.25) is 0 Å². The summed E-state index contributed by atoms with van der Waals surface area (Å²) in [5.74, 6) is 1.09. The molecule has 7 nitrogen and oxygen atoms in total. The quantitative estimate of drug-likeness (QED) is 0.517. The molecule has 0 aliphatic carbocycles. The Balaban J connectivity index is 1.57. The summed E-state index contributed by atoms with van der Waals surface area (Å²) in [6.45, 7) is 8.24. The van der Waals surface area contributed by atoms with Gasteiger partial charge in [-0.15, -0.1) is 0 Å². The number of nitrogens with zero attached hydrogens (tertiary/aromatic N) is 2. The lowest BCUT2D eigenvalue weighted by Gasteiger charge is -2.18. The van der Waals surface area contributed by atoms with Gasteiger partial charge in [0.2, 0.25) is 0 Å². The van der Waals surface area contributed by atoms with Crippen LogP contribution in [0, 0.1) is 12.3 Å². The van der Waals surface area contributed by atoms with Crippen molar-refractivity contribution in [3.05, 3.63) is 35.3 Å². The largest absolute Gasteiger partial charge is 0.510 e. The maximum atomic E-state index is 10.4. The number of nitrogens with one attached hydrogen (secondary N) is 3. The van der Waals surface area contributed by atoms with Crippen LogP contribution < -0.4 is 5.32 Å². The predicted molar refractivity (Wildman–Crippen MR) is 104 cm³/mol. The van der Waals surface area contributed by atoms with Gasteiger partial charge in [0.1, 0.15) is 17.4 Å². The van der Waals surface area contributed by atoms with E-state index >= 15 is 0 Å². The van der Waals surface area contributed by atoms with Crippen LogP contribution in [0.15, 0.2) is 24.0 Å². The molecule has 1 aromatic heterocycles. The van der Waals surface area contributed by atoms with Gasteiger partial charge >= 0.3 is 0 Å². The standard InChI is InChI=1S/C19H27N5O2/c1-3-26-10-8-21-7-4-9-24-12-16(25)17(18(24)20)19-22-14-6-5-13(2)11-15(14)23-19/h5-6,11,20-21,25H,3-4,7-10,12H2,1-2H3,(H,22,23). The van der Waals surface area contributed by atoms with Crippen molar-refractivity contribution in [2.45, 2.75) is 20.3 Å². The van der Waals surface area contributed by atoms with Crippen LogP contribution in [-0.2, 0) is 4.74 Å². The summed E-state index contributed by atoms with van der Waals surface area (Å²) in [5, 5.41) is 22.1. The lowest BCUT2D eigenvalue weighted by atomic mass is 10.2. The molecule has 0 saturated carbocycles. The van der Waals surface area contributed by atoms with Gasteiger partial charge in [0, 0.05) is 19.7 Å². The molecule has 0 atom stereocenters. The molecule has 0 amide bonds. The fraction of sp³-hybridized carbons (Fsp3) is 0.474. The zero-order chi connectivity index (χ0) is 18.5. The summed E-state index contributed by atoms with van der Waals surface area (Å²) in [5.41, 5.74) is 3.41. The SMILES string of the molecule is CCOCCNCCCN1CC(O)=C(c2nc3ccc(C)cc3[nH]2)C1=N. The van der Waals surface area contributed by atoms with E-state index in [-0.39, 0.29) is 5.76 Å². The molecule has 3 rings (SSSR count). The summed E-state index contributed by atoms with van der Waals surface area (Å²) in [6, 6.07) is 5.98. The number of ether oxygens (including phenoxy) is 1. The van der Waals surface area contributed by atoms with E-state index in [4.69, 9.17) is 10.1 Å². The number of hydrogen-bond acceptors (Lipinski definition) is 5. The van der Waals surface area contributed by atoms with E-state index in [9.17, 15) is 5.11 Å². The molecule has 2 aromatic rings. The number of hydrogen-bond donors (Lipinski definition) is 4. The Kier molecular flexibility index (Phi) is 5.90. The third kappa shape index (κ3) is 4.05. The summed E-state index contributed by atoms with van der Waals surface area (Å²) >= 11 is 0. The second kappa shape index (κ2) is 8.33. The summed E-state index contributed by atoms with van der Waals surface area (Å²) in [4.78, 5) is 9.66. The third-order valence-electron chi connectivity index (χ3n) is 4.47. The lowest BCUT2D eigenvalue weighted by Crippen LogP contribution is -2.30. The molecular formula is C19H27N5O2. The zero-order valence-electron chi connectivity index (χ0n) is 15.4. The molecule has 26 heavy (non-hydrogen) atoms. The number of aromatic amines is 1. The zero-order valence-corrected chi connectivity index (χ0v) is 15.4. The molecule has 7 heteroatoms. The fourth-order valence-electron chi connectivity index (χ4n) is 3.12. The third-order valence-corrected chi connectivity index (χ3v) is 4.47. The fourth-order valence-corrected chi connectivity index (χ4v) is 3.12. The number of rotatable bonds is 9. The van der Waals surface area contributed by atoms with Gasteiger partial charge < -0.3 is 25.0 Å². The number of fused-ring (bicyclic) bond motifs is 1. The minimum atomic E-state index is 0.204. The smallest absolute Gasteiger partial charge is 0.145 e. The number of aliphatic hydroxyl groups is 1. The van der Waals surface area contributed by atoms with Gasteiger partial charge in [-0.1, -0.05) is 6.07 Å². The molecule has 0 spiro atoms. The number of imidazole rings is 1. The highest BCUT2D eigenvalue weighted by molar-refractivity contribution is 6.23. The maximum absolute atomic E-state index is 10.4. The van der Waals surface area contributed by atoms with Crippen molar-refractivity contribution in [2.24, 2.45) is 0 Å². The highest BCUT2D eigenvalue weighted by atomic mass is 16.5. The van der Waals surface area contributed by atoms with E-state index in [1.165, 1.54) is 0 Å². The first-order valence-electron chi connectivity index (χ1n) is 9.11. The van der Waals surface area contributed by atoms with Crippen LogP contribution >= 0.6 is 0 Å². The van der Waals surface area contributed by atoms with E-state index in [2.05, 4.69) is 15.3 Å². The molecule has 2 heterocycles. The first-order chi connectivity index (χ1) is 12.6. The Bertz CT molecular complexity index is 811. The molecule has 1 aliphatic rings. The van der Waals surface area contributed by atoms with Crippen molar-refractivity contribution in [2.75, 3.05) is 39.4 Å². The normalized spacial score (nSPS) is 14.8. The second-order valence-electron chi connectivity index (χ2n) is 6.50. The molecule has 4 N–H and O–H groups in total. The van der Waals surface area contributed by atoms with Crippen molar-refractivity contribution in [3.8, 4) is 0 Å². The van der Waals surface area contributed by atoms with Crippen molar-refractivity contribution in [3.63, 3.8) is 0 Å². The van der Waals surface area contributed by atoms with E-state index in [1.54, 1.807) is 0 Å². The summed E-state index contributed by atoms with van der Waals surface area (Å²) in [6.07, 6.45) is 0.897. The number of H-pyrrole nitrogens is 1. The molecule has 0 bridgehead atoms. The Labute approximate surface area is 153 Å². The van der Waals surface area contributed by atoms with Gasteiger partial charge in [0.05, 0.1) is 29.8 Å². The Hall–Kier alpha value is -2.38. The van der Waals surface area contributed by atoms with Gasteiger partial charge in [-0.25, -0.2) is 4.98 Å². The van der Waals surface area contributed by atoms with E-state index in [1.807, 2.05) is 36.9 Å². The molecule has 0 radical (unpaired) electrons. The minimum Gasteiger partial charge on any atom is -0.510 e. The molecule has 1 aromatic carbocycles. The van der Waals surface area contributed by atoms with Crippen molar-refractivity contribution in [1.29, 1.82) is 5.41 Å². The molecule has 1 aliphatic heterocycles. The van der Waals surface area contributed by atoms with Crippen LogP contribution in [0.5, 0.6) is 0 Å². The number of aryl methyl sites for hydroxylation is 1. The lowest BCUT2D eigenvalue weighted by molar-refractivity contribution is 0.149. The van der Waals surface area contributed by atoms with E-state index in [0.29, 0.717) is 36.9 Å². The van der Waals surface area contributed by atoms with Gasteiger partial charge in [-0.2, -0.15) is 0 Å². The van der Waals surface area contributed by atoms with Crippen molar-refractivity contribution >= 4 is 22.4 Å². The van der Waals surface area contributed by atoms with E-state index < -0.39 is 0 Å². The van der Waals surface area contributed by atoms with Crippen LogP contribution in [0.3, 0.4) is 0 Å². The average Bonchev–Trinajstić information content (AvgIpc) is 3.13. The highest BCUT2D eigenvalue weighted by Crippen LogP contribution is 2.27. The maximum Gasteiger partial charge on any atom is 0.145 e. The predicted octanol–water partition coefficient (Wildman–Crippen LogP) is 2.45. The van der Waals surface area contributed by atoms with Crippen molar-refractivity contribution < 1.29 is 9.84 Å². The number of benzene rings is 1. The van der Waals surface area contributed by atoms with Gasteiger partial charge in [0.25, 0.3) is 0 Å². The van der Waals surface area contributed by atoms with Crippen LogP contribution in [-0.4, -0.2) is 65.2 Å². The first-order valence-corrected chi connectivity index (χ1v) is 9.11. The second-order valence-corrected chi connectivity index (χ2v) is 6.50. The van der Waals surface area contributed by atoms with Crippen LogP contribution in [0.1, 0.15) is 24.7 Å². The van der Waals surface area contributed by atoms with Gasteiger partial charge in [-0.05, 0) is 44.5 Å². The Morgan fingerprint density at radius 3 is 3.04 bits per heavy atom. The summed E-state index contributed by atoms with van der Waals surface area (Å²) in [7, 11) is 0. The molecular weight excluding hydrogens is 330 g/mol. The first kappa shape index (κ1) is 18.4. The molecule has 140 valence electrons. The number of aliphatic hydroxyl groups excluding tert-OH is 1. The topological polar surface area (TPSA) is 97.3 Å². The molecule has 0 saturated heterocycles. The van der Waals surface area contributed by atoms with Gasteiger partial charge in [0.15, 0.2) is 0 Å². The van der Waals surface area contributed by atoms with E-state index in [0.717, 1.165) is 42.7 Å². The van der Waals surface area contributed by atoms with Crippen molar-refractivity contribution in [1.82, 2.24) is 20.2 Å².